The number of aromatic nitrogens is 3. The molecule has 9 heteroatoms. The number of hydrogen-bond acceptors (Lipinski definition) is 9. The van der Waals surface area contributed by atoms with Crippen molar-refractivity contribution in [2.75, 3.05) is 11.5 Å². The Hall–Kier alpha value is -2.71. The fourth-order valence-corrected chi connectivity index (χ4v) is 4.29. The minimum Gasteiger partial charge on any atom is -0.368 e. The van der Waals surface area contributed by atoms with Crippen LogP contribution in [-0.4, -0.2) is 38.1 Å². The van der Waals surface area contributed by atoms with Crippen LogP contribution in [0.5, 0.6) is 0 Å². The summed E-state index contributed by atoms with van der Waals surface area (Å²) in [5, 5.41) is 0. The number of hydrogen-bond donors (Lipinski definition) is 2. The number of nitrogens with two attached hydrogens (primary N) is 2. The summed E-state index contributed by atoms with van der Waals surface area (Å²) in [6.07, 6.45) is 0.269. The van der Waals surface area contributed by atoms with Gasteiger partial charge >= 0.3 is 0 Å². The lowest BCUT2D eigenvalue weighted by Crippen LogP contribution is -2.48. The SMILES string of the molecule is CC(CC1C(=O)CC(=O)CC12CC(=O)CC(=O)C2)c1nc(N)nc(N)n1. The molecule has 0 radical (unpaired) electrons. The van der Waals surface area contributed by atoms with Gasteiger partial charge in [0, 0.05) is 36.5 Å². The molecule has 1 spiro atoms. The van der Waals surface area contributed by atoms with E-state index in [4.69, 9.17) is 11.5 Å². The summed E-state index contributed by atoms with van der Waals surface area (Å²) in [5.41, 5.74) is 10.3. The predicted octanol–water partition coefficient (Wildman–Crippen LogP) is 0.386. The van der Waals surface area contributed by atoms with Crippen molar-refractivity contribution in [3.8, 4) is 0 Å². The first-order valence-corrected chi connectivity index (χ1v) is 8.53. The minimum atomic E-state index is -0.919. The molecule has 2 fully saturated rings. The molecule has 2 atom stereocenters. The molecule has 0 amide bonds. The number of anilines is 2. The summed E-state index contributed by atoms with van der Waals surface area (Å²) in [5.74, 6) is -1.42. The van der Waals surface area contributed by atoms with Gasteiger partial charge in [-0.1, -0.05) is 6.92 Å². The van der Waals surface area contributed by atoms with Crippen LogP contribution in [0.4, 0.5) is 11.9 Å². The number of ketones is 4. The average molecular weight is 359 g/mol. The zero-order chi connectivity index (χ0) is 19.1. The van der Waals surface area contributed by atoms with Crippen molar-refractivity contribution in [1.29, 1.82) is 0 Å². The quantitative estimate of drug-likeness (QED) is 0.727. The molecule has 0 aromatic carbocycles. The van der Waals surface area contributed by atoms with E-state index in [1.54, 1.807) is 0 Å². The van der Waals surface area contributed by atoms with Crippen molar-refractivity contribution in [2.24, 2.45) is 11.3 Å². The van der Waals surface area contributed by atoms with Crippen molar-refractivity contribution in [1.82, 2.24) is 15.0 Å². The van der Waals surface area contributed by atoms with Crippen molar-refractivity contribution >= 4 is 35.0 Å². The molecule has 138 valence electrons. The molecule has 0 bridgehead atoms. The van der Waals surface area contributed by atoms with E-state index in [1.807, 2.05) is 6.92 Å². The van der Waals surface area contributed by atoms with Crippen molar-refractivity contribution in [2.45, 2.75) is 51.4 Å². The third-order valence-electron chi connectivity index (χ3n) is 5.26. The van der Waals surface area contributed by atoms with Gasteiger partial charge < -0.3 is 11.5 Å². The molecule has 4 N–H and O–H groups in total. The molecule has 1 heterocycles. The van der Waals surface area contributed by atoms with E-state index in [1.165, 1.54) is 0 Å². The molecule has 1 aromatic heterocycles. The van der Waals surface area contributed by atoms with E-state index in [9.17, 15) is 19.2 Å². The number of Topliss-reactive ketones (excluding diaryl/α,β-unsaturated/α-hetero) is 4. The molecule has 26 heavy (non-hydrogen) atoms. The molecule has 0 saturated heterocycles. The molecule has 2 aliphatic rings. The summed E-state index contributed by atoms with van der Waals surface area (Å²) in [6.45, 7) is 1.82. The highest BCUT2D eigenvalue weighted by Crippen LogP contribution is 2.50. The molecule has 3 rings (SSSR count). The molecule has 2 unspecified atom stereocenters. The highest BCUT2D eigenvalue weighted by atomic mass is 16.2. The van der Waals surface area contributed by atoms with Crippen molar-refractivity contribution in [3.63, 3.8) is 0 Å². The van der Waals surface area contributed by atoms with E-state index in [0.717, 1.165) is 0 Å². The smallest absolute Gasteiger partial charge is 0.225 e. The summed E-state index contributed by atoms with van der Waals surface area (Å²) in [6, 6.07) is 0. The topological polar surface area (TPSA) is 159 Å². The van der Waals surface area contributed by atoms with Gasteiger partial charge in [-0.15, -0.1) is 0 Å². The van der Waals surface area contributed by atoms with Crippen LogP contribution in [0.15, 0.2) is 0 Å². The molecule has 2 aliphatic carbocycles. The lowest BCUT2D eigenvalue weighted by Gasteiger charge is -2.44. The largest absolute Gasteiger partial charge is 0.368 e. The Labute approximate surface area is 150 Å². The second-order valence-electron chi connectivity index (χ2n) is 7.43. The van der Waals surface area contributed by atoms with Gasteiger partial charge in [0.25, 0.3) is 0 Å². The van der Waals surface area contributed by atoms with E-state index in [0.29, 0.717) is 12.2 Å². The van der Waals surface area contributed by atoms with Gasteiger partial charge in [-0.2, -0.15) is 15.0 Å². The lowest BCUT2D eigenvalue weighted by atomic mass is 9.56. The maximum atomic E-state index is 12.6. The number of carbonyl (C=O) groups is 4. The Bertz CT molecular complexity index is 754. The van der Waals surface area contributed by atoms with E-state index >= 15 is 0 Å². The third kappa shape index (κ3) is 3.47. The van der Waals surface area contributed by atoms with Crippen molar-refractivity contribution in [3.05, 3.63) is 5.82 Å². The van der Waals surface area contributed by atoms with Gasteiger partial charge in [0.15, 0.2) is 0 Å². The van der Waals surface area contributed by atoms with Crippen molar-refractivity contribution < 1.29 is 19.2 Å². The number of carbonyl (C=O) groups excluding carboxylic acids is 4. The number of nitrogen functional groups attached to an aromatic ring is 2. The fraction of sp³-hybridized carbons (Fsp3) is 0.588. The Balaban J connectivity index is 1.91. The Morgan fingerprint density at radius 3 is 1.96 bits per heavy atom. The van der Waals surface area contributed by atoms with Gasteiger partial charge in [-0.3, -0.25) is 19.2 Å². The summed E-state index contributed by atoms with van der Waals surface area (Å²) < 4.78 is 0. The molecule has 0 aliphatic heterocycles. The lowest BCUT2D eigenvalue weighted by molar-refractivity contribution is -0.147. The monoisotopic (exact) mass is 359 g/mol. The first-order valence-electron chi connectivity index (χ1n) is 8.53. The number of nitrogens with zero attached hydrogens (tertiary/aromatic N) is 3. The van der Waals surface area contributed by atoms with Gasteiger partial charge in [0.05, 0.1) is 12.8 Å². The number of rotatable bonds is 3. The third-order valence-corrected chi connectivity index (χ3v) is 5.26. The normalized spacial score (nSPS) is 24.1. The van der Waals surface area contributed by atoms with Crippen LogP contribution in [0.2, 0.25) is 0 Å². The van der Waals surface area contributed by atoms with E-state index in [2.05, 4.69) is 15.0 Å². The minimum absolute atomic E-state index is 0.0118. The molecular weight excluding hydrogens is 338 g/mol. The highest BCUT2D eigenvalue weighted by molar-refractivity contribution is 6.08. The average Bonchev–Trinajstić information content (AvgIpc) is 2.48. The van der Waals surface area contributed by atoms with E-state index in [-0.39, 0.29) is 73.1 Å². The Morgan fingerprint density at radius 1 is 0.923 bits per heavy atom. The highest BCUT2D eigenvalue weighted by Gasteiger charge is 2.52. The van der Waals surface area contributed by atoms with Crippen LogP contribution < -0.4 is 11.5 Å². The van der Waals surface area contributed by atoms with Gasteiger partial charge in [-0.05, 0) is 6.42 Å². The van der Waals surface area contributed by atoms with Crippen LogP contribution in [0.3, 0.4) is 0 Å². The summed E-state index contributed by atoms with van der Waals surface area (Å²) >= 11 is 0. The van der Waals surface area contributed by atoms with Crippen LogP contribution in [0.25, 0.3) is 0 Å². The predicted molar refractivity (Wildman–Crippen MR) is 90.7 cm³/mol. The first-order chi connectivity index (χ1) is 12.2. The molecule has 1 aromatic rings. The fourth-order valence-electron chi connectivity index (χ4n) is 4.29. The molecule has 2 saturated carbocycles. The molecule has 9 nitrogen and oxygen atoms in total. The Morgan fingerprint density at radius 2 is 1.42 bits per heavy atom. The van der Waals surface area contributed by atoms with Gasteiger partial charge in [0.2, 0.25) is 11.9 Å². The standard InChI is InChI=1S/C17H21N5O4/c1-8(14-20-15(18)22-16(19)21-14)2-12-13(26)4-11(25)7-17(12)5-9(23)3-10(24)6-17/h8,12H,2-7H2,1H3,(H4,18,19,20,21,22). The summed E-state index contributed by atoms with van der Waals surface area (Å²) in [4.78, 5) is 60.6. The van der Waals surface area contributed by atoms with E-state index < -0.39 is 11.3 Å². The van der Waals surface area contributed by atoms with Gasteiger partial charge in [-0.25, -0.2) is 0 Å². The van der Waals surface area contributed by atoms with Crippen LogP contribution in [0, 0.1) is 11.3 Å². The van der Waals surface area contributed by atoms with Crippen LogP contribution in [-0.2, 0) is 19.2 Å². The zero-order valence-corrected chi connectivity index (χ0v) is 14.5. The first kappa shape index (κ1) is 18.1. The molecular formula is C17H21N5O4. The zero-order valence-electron chi connectivity index (χ0n) is 14.5. The second-order valence-corrected chi connectivity index (χ2v) is 7.43. The maximum absolute atomic E-state index is 12.6. The second kappa shape index (κ2) is 6.54. The van der Waals surface area contributed by atoms with Crippen LogP contribution in [0.1, 0.15) is 57.2 Å². The maximum Gasteiger partial charge on any atom is 0.225 e. The van der Waals surface area contributed by atoms with Gasteiger partial charge in [0.1, 0.15) is 29.0 Å². The van der Waals surface area contributed by atoms with Crippen LogP contribution >= 0.6 is 0 Å². The summed E-state index contributed by atoms with van der Waals surface area (Å²) in [7, 11) is 0. The Kier molecular flexibility index (Phi) is 4.55.